The number of hydrogen-bond acceptors (Lipinski definition) is 2. The molecule has 74 valence electrons. The van der Waals surface area contributed by atoms with Crippen LogP contribution in [0.1, 0.15) is 20.8 Å². The number of hydrogen-bond donors (Lipinski definition) is 1. The lowest BCUT2D eigenvalue weighted by Crippen LogP contribution is -2.39. The Bertz CT molecular complexity index is 242. The van der Waals surface area contributed by atoms with E-state index in [0.29, 0.717) is 23.6 Å². The lowest BCUT2D eigenvalue weighted by molar-refractivity contribution is 0.201. The highest BCUT2D eigenvalue weighted by molar-refractivity contribution is 5.29. The lowest BCUT2D eigenvalue weighted by atomic mass is 9.80. The molecule has 1 aliphatic rings. The quantitative estimate of drug-likeness (QED) is 0.668. The highest BCUT2D eigenvalue weighted by Gasteiger charge is 2.29. The third-order valence-electron chi connectivity index (χ3n) is 3.40. The summed E-state index contributed by atoms with van der Waals surface area (Å²) in [5.74, 6) is 1.15. The predicted octanol–water partition coefficient (Wildman–Crippen LogP) is 1.95. The van der Waals surface area contributed by atoms with E-state index in [1.165, 1.54) is 5.57 Å². The highest BCUT2D eigenvalue weighted by atomic mass is 15.1. The van der Waals surface area contributed by atoms with Gasteiger partial charge in [-0.25, -0.2) is 0 Å². The van der Waals surface area contributed by atoms with Crippen LogP contribution in [0.15, 0.2) is 24.0 Å². The Kier molecular flexibility index (Phi) is 2.69. The van der Waals surface area contributed by atoms with Gasteiger partial charge in [-0.2, -0.15) is 0 Å². The summed E-state index contributed by atoms with van der Waals surface area (Å²) < 4.78 is 0. The van der Waals surface area contributed by atoms with Crippen molar-refractivity contribution < 1.29 is 0 Å². The molecule has 0 saturated heterocycles. The summed E-state index contributed by atoms with van der Waals surface area (Å²) in [6.07, 6.45) is 2.12. The third-order valence-corrected chi connectivity index (χ3v) is 3.40. The Balaban J connectivity index is 2.97. The van der Waals surface area contributed by atoms with Gasteiger partial charge in [-0.3, -0.25) is 0 Å². The topological polar surface area (TPSA) is 29.3 Å². The third kappa shape index (κ3) is 1.71. The minimum Gasteiger partial charge on any atom is -0.399 e. The van der Waals surface area contributed by atoms with Crippen molar-refractivity contribution in [2.24, 2.45) is 17.6 Å². The Morgan fingerprint density at radius 1 is 1.46 bits per heavy atom. The fourth-order valence-corrected chi connectivity index (χ4v) is 1.90. The van der Waals surface area contributed by atoms with E-state index in [9.17, 15) is 0 Å². The van der Waals surface area contributed by atoms with Crippen molar-refractivity contribution >= 4 is 0 Å². The standard InChI is InChI=1S/C11H20N2/c1-7-8(2)11(9(3)12)6-13(5)10(7)4/h6-8,10H,3,12H2,1-2,4-5H3. The number of nitrogens with zero attached hydrogens (tertiary/aromatic N) is 1. The van der Waals surface area contributed by atoms with E-state index in [0.717, 1.165) is 0 Å². The molecule has 0 aromatic carbocycles. The van der Waals surface area contributed by atoms with E-state index in [-0.39, 0.29) is 0 Å². The van der Waals surface area contributed by atoms with Crippen LogP contribution >= 0.6 is 0 Å². The molecule has 0 fully saturated rings. The van der Waals surface area contributed by atoms with Crippen molar-refractivity contribution in [2.75, 3.05) is 7.05 Å². The zero-order chi connectivity index (χ0) is 10.2. The molecule has 0 aliphatic carbocycles. The smallest absolute Gasteiger partial charge is 0.0290 e. The van der Waals surface area contributed by atoms with Crippen LogP contribution in [0.5, 0.6) is 0 Å². The molecule has 0 saturated carbocycles. The van der Waals surface area contributed by atoms with Gasteiger partial charge in [0, 0.05) is 25.0 Å². The summed E-state index contributed by atoms with van der Waals surface area (Å²) in [6.45, 7) is 10.5. The van der Waals surface area contributed by atoms with Gasteiger partial charge in [0.15, 0.2) is 0 Å². The van der Waals surface area contributed by atoms with Crippen molar-refractivity contribution in [1.82, 2.24) is 4.90 Å². The summed E-state index contributed by atoms with van der Waals surface area (Å²) in [4.78, 5) is 2.22. The molecule has 0 aromatic rings. The molecule has 0 radical (unpaired) electrons. The zero-order valence-corrected chi connectivity index (χ0v) is 9.04. The molecule has 2 nitrogen and oxygen atoms in total. The average Bonchev–Trinajstić information content (AvgIpc) is 2.07. The van der Waals surface area contributed by atoms with Gasteiger partial charge in [0.25, 0.3) is 0 Å². The van der Waals surface area contributed by atoms with Crippen molar-refractivity contribution in [1.29, 1.82) is 0 Å². The van der Waals surface area contributed by atoms with Crippen molar-refractivity contribution in [2.45, 2.75) is 26.8 Å². The maximum absolute atomic E-state index is 5.74. The molecule has 0 aromatic heterocycles. The molecule has 13 heavy (non-hydrogen) atoms. The molecule has 1 rings (SSSR count). The SMILES string of the molecule is C=C(N)C1=CN(C)C(C)C(C)C1C. The Morgan fingerprint density at radius 2 is 2.00 bits per heavy atom. The molecular formula is C11H20N2. The van der Waals surface area contributed by atoms with E-state index >= 15 is 0 Å². The van der Waals surface area contributed by atoms with Crippen LogP contribution in [0.4, 0.5) is 0 Å². The Labute approximate surface area is 81.1 Å². The molecule has 0 spiro atoms. The maximum atomic E-state index is 5.74. The largest absolute Gasteiger partial charge is 0.399 e. The van der Waals surface area contributed by atoms with E-state index in [1.54, 1.807) is 0 Å². The molecule has 3 atom stereocenters. The van der Waals surface area contributed by atoms with Gasteiger partial charge in [0.2, 0.25) is 0 Å². The lowest BCUT2D eigenvalue weighted by Gasteiger charge is -2.39. The monoisotopic (exact) mass is 180 g/mol. The first-order chi connectivity index (χ1) is 5.95. The van der Waals surface area contributed by atoms with Gasteiger partial charge in [-0.15, -0.1) is 0 Å². The maximum Gasteiger partial charge on any atom is 0.0290 e. The van der Waals surface area contributed by atoms with Crippen LogP contribution in [0.25, 0.3) is 0 Å². The van der Waals surface area contributed by atoms with Crippen molar-refractivity contribution in [3.8, 4) is 0 Å². The van der Waals surface area contributed by atoms with Gasteiger partial charge < -0.3 is 10.6 Å². The van der Waals surface area contributed by atoms with Gasteiger partial charge in [-0.05, 0) is 24.3 Å². The first-order valence-corrected chi connectivity index (χ1v) is 4.83. The van der Waals surface area contributed by atoms with E-state index in [2.05, 4.69) is 45.5 Å². The van der Waals surface area contributed by atoms with E-state index in [4.69, 9.17) is 5.73 Å². The normalized spacial score (nSPS) is 34.3. The molecule has 1 aliphatic heterocycles. The average molecular weight is 180 g/mol. The number of rotatable bonds is 1. The molecule has 2 heteroatoms. The molecule has 0 bridgehead atoms. The van der Waals surface area contributed by atoms with Crippen LogP contribution < -0.4 is 5.73 Å². The van der Waals surface area contributed by atoms with E-state index in [1.807, 2.05) is 0 Å². The molecule has 2 N–H and O–H groups in total. The molecule has 3 unspecified atom stereocenters. The Morgan fingerprint density at radius 3 is 2.46 bits per heavy atom. The van der Waals surface area contributed by atoms with Crippen molar-refractivity contribution in [3.63, 3.8) is 0 Å². The van der Waals surface area contributed by atoms with Crippen LogP contribution in [0, 0.1) is 11.8 Å². The number of nitrogens with two attached hydrogens (primary N) is 1. The van der Waals surface area contributed by atoms with Crippen LogP contribution in [0.3, 0.4) is 0 Å². The first-order valence-electron chi connectivity index (χ1n) is 4.83. The van der Waals surface area contributed by atoms with Gasteiger partial charge in [0.1, 0.15) is 0 Å². The summed E-state index contributed by atoms with van der Waals surface area (Å²) in [5.41, 5.74) is 7.63. The predicted molar refractivity (Wildman–Crippen MR) is 57.0 cm³/mol. The highest BCUT2D eigenvalue weighted by Crippen LogP contribution is 2.32. The second kappa shape index (κ2) is 3.44. The Hall–Kier alpha value is -0.920. The van der Waals surface area contributed by atoms with Crippen molar-refractivity contribution in [3.05, 3.63) is 24.0 Å². The van der Waals surface area contributed by atoms with Crippen LogP contribution in [-0.2, 0) is 0 Å². The molecule has 1 heterocycles. The summed E-state index contributed by atoms with van der Waals surface area (Å²) in [7, 11) is 2.09. The number of allylic oxidation sites excluding steroid dienone is 1. The van der Waals surface area contributed by atoms with Gasteiger partial charge >= 0.3 is 0 Å². The fraction of sp³-hybridized carbons (Fsp3) is 0.636. The van der Waals surface area contributed by atoms with Gasteiger partial charge in [-0.1, -0.05) is 20.4 Å². The second-order valence-corrected chi connectivity index (χ2v) is 4.16. The van der Waals surface area contributed by atoms with Crippen LogP contribution in [0.2, 0.25) is 0 Å². The minimum absolute atomic E-state index is 0.517. The van der Waals surface area contributed by atoms with E-state index < -0.39 is 0 Å². The summed E-state index contributed by atoms with van der Waals surface area (Å²) in [5, 5.41) is 0. The van der Waals surface area contributed by atoms with Crippen LogP contribution in [-0.4, -0.2) is 18.0 Å². The molecule has 0 amide bonds. The van der Waals surface area contributed by atoms with Gasteiger partial charge in [0.05, 0.1) is 0 Å². The summed E-state index contributed by atoms with van der Waals surface area (Å²) >= 11 is 0. The first kappa shape index (κ1) is 10.2. The molecular weight excluding hydrogens is 160 g/mol. The minimum atomic E-state index is 0.517. The summed E-state index contributed by atoms with van der Waals surface area (Å²) in [6, 6.07) is 0.582. The second-order valence-electron chi connectivity index (χ2n) is 4.16. The zero-order valence-electron chi connectivity index (χ0n) is 9.04. The fourth-order valence-electron chi connectivity index (χ4n) is 1.90.